The molecule has 0 aliphatic rings. The largest absolute Gasteiger partial charge is 0.359 e. The van der Waals surface area contributed by atoms with Crippen molar-refractivity contribution in [2.45, 2.75) is 33.2 Å². The molecule has 0 fully saturated rings. The van der Waals surface area contributed by atoms with Gasteiger partial charge in [0.1, 0.15) is 17.7 Å². The van der Waals surface area contributed by atoms with E-state index in [0.717, 1.165) is 12.1 Å². The minimum absolute atomic E-state index is 0.0608. The van der Waals surface area contributed by atoms with Gasteiger partial charge in [-0.05, 0) is 20.3 Å². The molecule has 0 saturated heterocycles. The van der Waals surface area contributed by atoms with E-state index in [1.807, 2.05) is 19.9 Å². The monoisotopic (exact) mass is 222 g/mol. The summed E-state index contributed by atoms with van der Waals surface area (Å²) in [5.74, 6) is 1.35. The zero-order valence-electron chi connectivity index (χ0n) is 10.2. The van der Waals surface area contributed by atoms with Crippen LogP contribution in [0.1, 0.15) is 25.4 Å². The molecule has 1 amide bonds. The predicted molar refractivity (Wildman–Crippen MR) is 63.3 cm³/mol. The maximum Gasteiger partial charge on any atom is 0.241 e. The summed E-state index contributed by atoms with van der Waals surface area (Å²) in [6, 6.07) is 1.57. The number of aryl methyl sites for hydroxylation is 2. The molecule has 0 aliphatic heterocycles. The number of amides is 1. The molecule has 88 valence electrons. The van der Waals surface area contributed by atoms with Gasteiger partial charge in [0.05, 0.1) is 0 Å². The fourth-order valence-electron chi connectivity index (χ4n) is 1.39. The van der Waals surface area contributed by atoms with Crippen molar-refractivity contribution in [3.63, 3.8) is 0 Å². The van der Waals surface area contributed by atoms with E-state index in [9.17, 15) is 4.79 Å². The molecule has 5 nitrogen and oxygen atoms in total. The number of carbonyl (C=O) groups is 1. The lowest BCUT2D eigenvalue weighted by atomic mass is 10.3. The highest BCUT2D eigenvalue weighted by Crippen LogP contribution is 2.08. The van der Waals surface area contributed by atoms with Crippen LogP contribution in [-0.2, 0) is 11.2 Å². The van der Waals surface area contributed by atoms with Crippen LogP contribution >= 0.6 is 0 Å². The number of hydrogen-bond acceptors (Lipinski definition) is 4. The minimum Gasteiger partial charge on any atom is -0.359 e. The lowest BCUT2D eigenvalue weighted by Crippen LogP contribution is -2.35. The highest BCUT2D eigenvalue weighted by atomic mass is 16.2. The summed E-state index contributed by atoms with van der Waals surface area (Å²) >= 11 is 0. The first kappa shape index (κ1) is 12.4. The van der Waals surface area contributed by atoms with E-state index in [4.69, 9.17) is 0 Å². The quantitative estimate of drug-likeness (QED) is 0.794. The Morgan fingerprint density at radius 3 is 2.75 bits per heavy atom. The van der Waals surface area contributed by atoms with Gasteiger partial charge in [-0.1, -0.05) is 6.92 Å². The van der Waals surface area contributed by atoms with Crippen LogP contribution in [-0.4, -0.2) is 29.0 Å². The standard InChI is InChI=1S/C11H18N4O/c1-5-9-6-10(15-8(3)14-9)13-7(2)11(16)12-4/h6-7H,5H2,1-4H3,(H,12,16)(H,13,14,15). The first-order valence-corrected chi connectivity index (χ1v) is 5.39. The molecule has 2 N–H and O–H groups in total. The van der Waals surface area contributed by atoms with Crippen molar-refractivity contribution in [1.82, 2.24) is 15.3 Å². The maximum absolute atomic E-state index is 11.3. The second-order valence-corrected chi connectivity index (χ2v) is 3.63. The summed E-state index contributed by atoms with van der Waals surface area (Å²) in [7, 11) is 1.61. The molecule has 1 unspecified atom stereocenters. The lowest BCUT2D eigenvalue weighted by molar-refractivity contribution is -0.121. The molecule has 0 spiro atoms. The number of nitrogens with zero attached hydrogens (tertiary/aromatic N) is 2. The van der Waals surface area contributed by atoms with Gasteiger partial charge >= 0.3 is 0 Å². The zero-order valence-corrected chi connectivity index (χ0v) is 10.2. The minimum atomic E-state index is -0.302. The van der Waals surface area contributed by atoms with Crippen LogP contribution in [0, 0.1) is 6.92 Å². The fourth-order valence-corrected chi connectivity index (χ4v) is 1.39. The molecule has 1 aromatic heterocycles. The molecule has 0 aromatic carbocycles. The Kier molecular flexibility index (Phi) is 4.22. The van der Waals surface area contributed by atoms with Crippen molar-refractivity contribution >= 4 is 11.7 Å². The van der Waals surface area contributed by atoms with Gasteiger partial charge in [-0.15, -0.1) is 0 Å². The molecular formula is C11H18N4O. The molecule has 1 atom stereocenters. The molecule has 1 rings (SSSR count). The molecule has 16 heavy (non-hydrogen) atoms. The number of rotatable bonds is 4. The molecule has 1 heterocycles. The number of aromatic nitrogens is 2. The van der Waals surface area contributed by atoms with Gasteiger partial charge in [-0.2, -0.15) is 0 Å². The molecule has 5 heteroatoms. The SMILES string of the molecule is CCc1cc(NC(C)C(=O)NC)nc(C)n1. The summed E-state index contributed by atoms with van der Waals surface area (Å²) in [5, 5.41) is 5.63. The average molecular weight is 222 g/mol. The number of nitrogens with one attached hydrogen (secondary N) is 2. The van der Waals surface area contributed by atoms with Gasteiger partial charge in [0, 0.05) is 18.8 Å². The molecule has 0 bridgehead atoms. The Balaban J connectivity index is 2.80. The summed E-state index contributed by atoms with van der Waals surface area (Å²) in [6.45, 7) is 5.67. The van der Waals surface area contributed by atoms with E-state index in [-0.39, 0.29) is 11.9 Å². The highest BCUT2D eigenvalue weighted by Gasteiger charge is 2.11. The van der Waals surface area contributed by atoms with Gasteiger partial charge in [0.2, 0.25) is 5.91 Å². The van der Waals surface area contributed by atoms with Crippen molar-refractivity contribution in [1.29, 1.82) is 0 Å². The van der Waals surface area contributed by atoms with Crippen LogP contribution in [0.2, 0.25) is 0 Å². The number of carbonyl (C=O) groups excluding carboxylic acids is 1. The maximum atomic E-state index is 11.3. The zero-order chi connectivity index (χ0) is 12.1. The van der Waals surface area contributed by atoms with Crippen LogP contribution in [0.4, 0.5) is 5.82 Å². The highest BCUT2D eigenvalue weighted by molar-refractivity contribution is 5.83. The first-order chi connectivity index (χ1) is 7.56. The van der Waals surface area contributed by atoms with Crippen molar-refractivity contribution < 1.29 is 4.79 Å². The smallest absolute Gasteiger partial charge is 0.241 e. The Morgan fingerprint density at radius 2 is 2.19 bits per heavy atom. The summed E-state index contributed by atoms with van der Waals surface area (Å²) in [5.41, 5.74) is 0.971. The van der Waals surface area contributed by atoms with Gasteiger partial charge in [-0.25, -0.2) is 9.97 Å². The third-order valence-electron chi connectivity index (χ3n) is 2.26. The Labute approximate surface area is 95.7 Å². The molecular weight excluding hydrogens is 204 g/mol. The van der Waals surface area contributed by atoms with Crippen LogP contribution < -0.4 is 10.6 Å². The normalized spacial score (nSPS) is 12.0. The number of anilines is 1. The van der Waals surface area contributed by atoms with E-state index < -0.39 is 0 Å². The van der Waals surface area contributed by atoms with Crippen molar-refractivity contribution in [3.05, 3.63) is 17.6 Å². The Hall–Kier alpha value is -1.65. The average Bonchev–Trinajstić information content (AvgIpc) is 2.26. The van der Waals surface area contributed by atoms with Crippen LogP contribution in [0.15, 0.2) is 6.07 Å². The van der Waals surface area contributed by atoms with E-state index in [0.29, 0.717) is 11.6 Å². The van der Waals surface area contributed by atoms with E-state index in [2.05, 4.69) is 20.6 Å². The summed E-state index contributed by atoms with van der Waals surface area (Å²) in [6.07, 6.45) is 0.854. The third kappa shape index (κ3) is 3.18. The molecule has 0 radical (unpaired) electrons. The Bertz CT molecular complexity index is 378. The van der Waals surface area contributed by atoms with Crippen LogP contribution in [0.25, 0.3) is 0 Å². The van der Waals surface area contributed by atoms with Crippen LogP contribution in [0.3, 0.4) is 0 Å². The van der Waals surface area contributed by atoms with Gasteiger partial charge < -0.3 is 10.6 Å². The predicted octanol–water partition coefficient (Wildman–Crippen LogP) is 0.894. The fraction of sp³-hybridized carbons (Fsp3) is 0.545. The third-order valence-corrected chi connectivity index (χ3v) is 2.26. The molecule has 0 aliphatic carbocycles. The summed E-state index contributed by atoms with van der Waals surface area (Å²) < 4.78 is 0. The molecule has 0 saturated carbocycles. The van der Waals surface area contributed by atoms with Gasteiger partial charge in [0.15, 0.2) is 0 Å². The van der Waals surface area contributed by atoms with E-state index in [1.54, 1.807) is 14.0 Å². The van der Waals surface area contributed by atoms with E-state index >= 15 is 0 Å². The first-order valence-electron chi connectivity index (χ1n) is 5.39. The topological polar surface area (TPSA) is 66.9 Å². The van der Waals surface area contributed by atoms with Crippen LogP contribution in [0.5, 0.6) is 0 Å². The second-order valence-electron chi connectivity index (χ2n) is 3.63. The van der Waals surface area contributed by atoms with Crippen molar-refractivity contribution in [2.75, 3.05) is 12.4 Å². The summed E-state index contributed by atoms with van der Waals surface area (Å²) in [4.78, 5) is 19.8. The Morgan fingerprint density at radius 1 is 1.50 bits per heavy atom. The number of likely N-dealkylation sites (N-methyl/N-ethyl adjacent to an activating group) is 1. The van der Waals surface area contributed by atoms with Crippen molar-refractivity contribution in [2.24, 2.45) is 0 Å². The van der Waals surface area contributed by atoms with E-state index in [1.165, 1.54) is 0 Å². The molecule has 1 aromatic rings. The second kappa shape index (κ2) is 5.44. The van der Waals surface area contributed by atoms with Gasteiger partial charge in [0.25, 0.3) is 0 Å². The lowest BCUT2D eigenvalue weighted by Gasteiger charge is -2.13. The van der Waals surface area contributed by atoms with Gasteiger partial charge in [-0.3, -0.25) is 4.79 Å². The van der Waals surface area contributed by atoms with Crippen molar-refractivity contribution in [3.8, 4) is 0 Å². The number of hydrogen-bond donors (Lipinski definition) is 2.